The molecule has 0 bridgehead atoms. The van der Waals surface area contributed by atoms with Gasteiger partial charge in [0.25, 0.3) is 0 Å². The first-order valence-corrected chi connectivity index (χ1v) is 11.6. The molecule has 1 aromatic heterocycles. The quantitative estimate of drug-likeness (QED) is 0.412. The Morgan fingerprint density at radius 2 is 1.61 bits per heavy atom. The molecular formula is C24H24FN3O2S. The molecule has 3 aromatic carbocycles. The van der Waals surface area contributed by atoms with Crippen LogP contribution in [0.25, 0.3) is 10.9 Å². The van der Waals surface area contributed by atoms with Gasteiger partial charge < -0.3 is 9.88 Å². The van der Waals surface area contributed by atoms with Crippen LogP contribution in [-0.4, -0.2) is 19.5 Å². The summed E-state index contributed by atoms with van der Waals surface area (Å²) >= 11 is 0. The molecule has 0 spiro atoms. The molecule has 0 saturated heterocycles. The zero-order valence-electron chi connectivity index (χ0n) is 17.0. The van der Waals surface area contributed by atoms with Gasteiger partial charge in [0.15, 0.2) is 0 Å². The number of rotatable bonds is 8. The second-order valence-corrected chi connectivity index (χ2v) is 9.07. The third kappa shape index (κ3) is 5.02. The topological polar surface area (TPSA) is 77.1 Å². The second-order valence-electron chi connectivity index (χ2n) is 7.51. The van der Waals surface area contributed by atoms with Crippen LogP contribution in [0.1, 0.15) is 16.7 Å². The average molecular weight is 438 g/mol. The van der Waals surface area contributed by atoms with E-state index in [1.54, 1.807) is 18.2 Å². The van der Waals surface area contributed by atoms with Gasteiger partial charge in [-0.1, -0.05) is 48.5 Å². The molecule has 0 atom stereocenters. The van der Waals surface area contributed by atoms with Gasteiger partial charge in [-0.05, 0) is 48.4 Å². The molecule has 0 fully saturated rings. The lowest BCUT2D eigenvalue weighted by molar-refractivity contribution is 0.597. The van der Waals surface area contributed by atoms with E-state index in [1.165, 1.54) is 18.2 Å². The van der Waals surface area contributed by atoms with Crippen LogP contribution in [0.3, 0.4) is 0 Å². The molecule has 0 saturated carbocycles. The zero-order valence-corrected chi connectivity index (χ0v) is 17.8. The number of nitrogens with two attached hydrogens (primary N) is 1. The van der Waals surface area contributed by atoms with Crippen LogP contribution in [0.5, 0.6) is 0 Å². The van der Waals surface area contributed by atoms with Crippen molar-refractivity contribution in [2.45, 2.75) is 24.4 Å². The van der Waals surface area contributed by atoms with Crippen LogP contribution in [-0.2, 0) is 29.5 Å². The van der Waals surface area contributed by atoms with Crippen LogP contribution in [0.4, 0.5) is 4.39 Å². The highest BCUT2D eigenvalue weighted by Crippen LogP contribution is 2.23. The standard InChI is InChI=1S/C24H24FN3O2S/c25-23-7-3-1-5-19(23)16-28-17-20(22-6-2-4-8-24(22)28)15-27-14-13-18-9-11-21(12-10-18)31(26,29)30/h1-12,17,27H,13-16H2,(H2,26,29,30). The zero-order chi connectivity index (χ0) is 21.8. The maximum Gasteiger partial charge on any atom is 0.238 e. The lowest BCUT2D eigenvalue weighted by atomic mass is 10.1. The van der Waals surface area contributed by atoms with E-state index in [4.69, 9.17) is 5.14 Å². The monoisotopic (exact) mass is 437 g/mol. The van der Waals surface area contributed by atoms with Gasteiger partial charge >= 0.3 is 0 Å². The first kappa shape index (κ1) is 21.2. The molecular weight excluding hydrogens is 413 g/mol. The largest absolute Gasteiger partial charge is 0.343 e. The molecule has 7 heteroatoms. The minimum absolute atomic E-state index is 0.117. The van der Waals surface area contributed by atoms with Crippen molar-refractivity contribution in [1.29, 1.82) is 0 Å². The number of fused-ring (bicyclic) bond motifs is 1. The van der Waals surface area contributed by atoms with Crippen molar-refractivity contribution in [2.75, 3.05) is 6.54 Å². The number of aromatic nitrogens is 1. The smallest absolute Gasteiger partial charge is 0.238 e. The maximum absolute atomic E-state index is 14.1. The van der Waals surface area contributed by atoms with Crippen molar-refractivity contribution in [3.63, 3.8) is 0 Å². The molecule has 0 aliphatic rings. The molecule has 31 heavy (non-hydrogen) atoms. The SMILES string of the molecule is NS(=O)(=O)c1ccc(CCNCc2cn(Cc3ccccc3F)c3ccccc23)cc1. The van der Waals surface area contributed by atoms with Gasteiger partial charge in [0.1, 0.15) is 5.82 Å². The molecule has 4 rings (SSSR count). The van der Waals surface area contributed by atoms with Crippen LogP contribution < -0.4 is 10.5 Å². The van der Waals surface area contributed by atoms with E-state index in [0.29, 0.717) is 18.7 Å². The number of hydrogen-bond acceptors (Lipinski definition) is 3. The van der Waals surface area contributed by atoms with Crippen molar-refractivity contribution >= 4 is 20.9 Å². The molecule has 3 N–H and O–H groups in total. The van der Waals surface area contributed by atoms with Gasteiger partial charge in [-0.3, -0.25) is 0 Å². The van der Waals surface area contributed by atoms with E-state index in [0.717, 1.165) is 35.0 Å². The Kier molecular flexibility index (Phi) is 6.18. The summed E-state index contributed by atoms with van der Waals surface area (Å²) in [6.07, 6.45) is 2.84. The van der Waals surface area contributed by atoms with Crippen molar-refractivity contribution in [3.8, 4) is 0 Å². The van der Waals surface area contributed by atoms with Gasteiger partial charge in [0.05, 0.1) is 11.4 Å². The van der Waals surface area contributed by atoms with E-state index in [9.17, 15) is 12.8 Å². The lowest BCUT2D eigenvalue weighted by Gasteiger charge is -2.06. The summed E-state index contributed by atoms with van der Waals surface area (Å²) in [5, 5.41) is 9.72. The van der Waals surface area contributed by atoms with Crippen LogP contribution in [0.15, 0.2) is 83.9 Å². The molecule has 0 amide bonds. The fourth-order valence-corrected chi connectivity index (χ4v) is 4.22. The van der Waals surface area contributed by atoms with Crippen molar-refractivity contribution < 1.29 is 12.8 Å². The summed E-state index contributed by atoms with van der Waals surface area (Å²) in [6.45, 7) is 1.89. The molecule has 4 aromatic rings. The highest BCUT2D eigenvalue weighted by Gasteiger charge is 2.10. The number of primary sulfonamides is 1. The Labute approximate surface area is 181 Å². The minimum atomic E-state index is -3.67. The Morgan fingerprint density at radius 1 is 0.903 bits per heavy atom. The van der Waals surface area contributed by atoms with Crippen LogP contribution in [0.2, 0.25) is 0 Å². The number of halogens is 1. The van der Waals surface area contributed by atoms with E-state index in [2.05, 4.69) is 22.1 Å². The Hall–Kier alpha value is -3.00. The third-order valence-corrected chi connectivity index (χ3v) is 6.26. The van der Waals surface area contributed by atoms with Gasteiger partial charge in [-0.15, -0.1) is 0 Å². The summed E-state index contributed by atoms with van der Waals surface area (Å²) in [5.41, 5.74) is 3.91. The second kappa shape index (κ2) is 9.01. The van der Waals surface area contributed by atoms with E-state index in [1.807, 2.05) is 30.3 Å². The van der Waals surface area contributed by atoms with Crippen molar-refractivity contribution in [1.82, 2.24) is 9.88 Å². The first-order valence-electron chi connectivity index (χ1n) is 10.0. The van der Waals surface area contributed by atoms with Crippen LogP contribution in [0, 0.1) is 5.82 Å². The van der Waals surface area contributed by atoms with E-state index >= 15 is 0 Å². The maximum atomic E-state index is 14.1. The van der Waals surface area contributed by atoms with Crippen LogP contribution >= 0.6 is 0 Å². The highest BCUT2D eigenvalue weighted by molar-refractivity contribution is 7.89. The summed E-state index contributed by atoms with van der Waals surface area (Å²) in [6, 6.07) is 21.6. The van der Waals surface area contributed by atoms with Gasteiger partial charge in [0, 0.05) is 29.2 Å². The predicted octanol–water partition coefficient (Wildman–Crippen LogP) is 3.81. The fraction of sp³-hybridized carbons (Fsp3) is 0.167. The van der Waals surface area contributed by atoms with Crippen molar-refractivity contribution in [2.24, 2.45) is 5.14 Å². The molecule has 0 radical (unpaired) electrons. The number of nitrogens with zero attached hydrogens (tertiary/aromatic N) is 1. The molecule has 160 valence electrons. The Bertz CT molecular complexity index is 1300. The number of nitrogens with one attached hydrogen (secondary N) is 1. The number of sulfonamides is 1. The Balaban J connectivity index is 1.42. The summed E-state index contributed by atoms with van der Waals surface area (Å²) in [4.78, 5) is 0.117. The summed E-state index contributed by atoms with van der Waals surface area (Å²) < 4.78 is 38.9. The number of benzene rings is 3. The highest BCUT2D eigenvalue weighted by atomic mass is 32.2. The van der Waals surface area contributed by atoms with E-state index in [-0.39, 0.29) is 10.7 Å². The molecule has 1 heterocycles. The average Bonchev–Trinajstić information content (AvgIpc) is 3.10. The number of hydrogen-bond donors (Lipinski definition) is 2. The normalized spacial score (nSPS) is 11.8. The van der Waals surface area contributed by atoms with E-state index < -0.39 is 10.0 Å². The fourth-order valence-electron chi connectivity index (χ4n) is 3.71. The number of para-hydroxylation sites is 1. The molecule has 0 aliphatic heterocycles. The predicted molar refractivity (Wildman–Crippen MR) is 121 cm³/mol. The minimum Gasteiger partial charge on any atom is -0.343 e. The molecule has 5 nitrogen and oxygen atoms in total. The third-order valence-electron chi connectivity index (χ3n) is 5.33. The van der Waals surface area contributed by atoms with Crippen molar-refractivity contribution in [3.05, 3.63) is 102 Å². The van der Waals surface area contributed by atoms with Gasteiger partial charge in [0.2, 0.25) is 10.0 Å². The summed E-state index contributed by atoms with van der Waals surface area (Å²) in [7, 11) is -3.67. The molecule has 0 unspecified atom stereocenters. The lowest BCUT2D eigenvalue weighted by Crippen LogP contribution is -2.17. The van der Waals surface area contributed by atoms with Gasteiger partial charge in [-0.2, -0.15) is 0 Å². The molecule has 0 aliphatic carbocycles. The summed E-state index contributed by atoms with van der Waals surface area (Å²) in [5.74, 6) is -0.201. The Morgan fingerprint density at radius 3 is 2.35 bits per heavy atom. The van der Waals surface area contributed by atoms with Gasteiger partial charge in [-0.25, -0.2) is 17.9 Å². The first-order chi connectivity index (χ1) is 14.9.